The number of rotatable bonds is 45. The van der Waals surface area contributed by atoms with E-state index in [1.807, 2.05) is 0 Å². The molecule has 1 heterocycles. The summed E-state index contributed by atoms with van der Waals surface area (Å²) in [6.07, 6.45) is 42.0. The second kappa shape index (κ2) is 42.9. The van der Waals surface area contributed by atoms with Crippen LogP contribution in [0.15, 0.2) is 36.5 Å². The zero-order valence-corrected chi connectivity index (χ0v) is 42.4. The van der Waals surface area contributed by atoms with Gasteiger partial charge >= 0.3 is 11.9 Å². The number of allylic oxidation sites excluding steroid dienone is 6. The molecule has 66 heavy (non-hydrogen) atoms. The largest absolute Gasteiger partial charge is 0.462 e. The van der Waals surface area contributed by atoms with Crippen molar-refractivity contribution < 1.29 is 56.8 Å². The van der Waals surface area contributed by atoms with E-state index in [1.54, 1.807) is 0 Å². The van der Waals surface area contributed by atoms with Gasteiger partial charge in [-0.1, -0.05) is 192 Å². The number of carbonyl (C=O) groups is 2. The van der Waals surface area contributed by atoms with Crippen molar-refractivity contribution in [3.63, 3.8) is 0 Å². The number of esters is 2. The molecule has 6 atom stereocenters. The average molecular weight is 957 g/mol. The van der Waals surface area contributed by atoms with Gasteiger partial charge < -0.3 is 34.3 Å². The molecular formula is C53H96O12S. The Hall–Kier alpha value is -2.13. The minimum atomic E-state index is -4.61. The fourth-order valence-electron chi connectivity index (χ4n) is 8.07. The summed E-state index contributed by atoms with van der Waals surface area (Å²) in [5.74, 6) is -2.03. The van der Waals surface area contributed by atoms with E-state index in [1.165, 1.54) is 135 Å². The molecule has 0 radical (unpaired) electrons. The van der Waals surface area contributed by atoms with Crippen LogP contribution in [-0.4, -0.2) is 96.0 Å². The molecular weight excluding hydrogens is 861 g/mol. The van der Waals surface area contributed by atoms with Crippen LogP contribution in [-0.2, 0) is 38.7 Å². The standard InChI is InChI=1S/C53H96O12S/c1-3-5-7-9-11-13-15-17-19-20-21-22-23-24-25-26-28-29-31-33-35-37-39-41-48(54)62-43-46(44-63-53-52(58)51(57)50(56)47(65-53)45-66(59,60)61)64-49(55)42-40-38-36-34-32-30-27-18-16-14-12-10-8-6-4-2/h12,14,18,27,33,35,46-47,50-53,56-58H,3-11,13,15-17,19-26,28-32,34,36-45H2,1-2H3,(H,59,60,61)/b14-12+,27-18+,35-33+/t46-,47-,50-,51?,52?,53+/m1/s1. The molecule has 1 aliphatic rings. The fraction of sp³-hybridized carbons (Fsp3) is 0.849. The number of ether oxygens (including phenoxy) is 4. The quantitative estimate of drug-likeness (QED) is 0.0196. The van der Waals surface area contributed by atoms with Gasteiger partial charge in [-0.05, 0) is 64.2 Å². The number of hydrogen-bond donors (Lipinski definition) is 4. The van der Waals surface area contributed by atoms with E-state index < -0.39 is 71.2 Å². The van der Waals surface area contributed by atoms with Gasteiger partial charge in [-0.15, -0.1) is 0 Å². The first-order valence-electron chi connectivity index (χ1n) is 26.5. The molecule has 0 aromatic heterocycles. The SMILES string of the molecule is CCCCC/C=C/C/C=C/CCCCCCCC(=O)O[C@H](COC(=O)CCC/C=C/CCCCCCCCCCCCCCCCCCCC)CO[C@H]1O[C@H](CS(=O)(=O)O)[C@@H](O)C(O)C1O. The van der Waals surface area contributed by atoms with Gasteiger partial charge in [0.2, 0.25) is 0 Å². The summed E-state index contributed by atoms with van der Waals surface area (Å²) in [6, 6.07) is 0. The van der Waals surface area contributed by atoms with Crippen LogP contribution >= 0.6 is 0 Å². The van der Waals surface area contributed by atoms with E-state index in [9.17, 15) is 37.9 Å². The van der Waals surface area contributed by atoms with Crippen LogP contribution < -0.4 is 0 Å². The second-order valence-corrected chi connectivity index (χ2v) is 20.0. The average Bonchev–Trinajstić information content (AvgIpc) is 3.28. The van der Waals surface area contributed by atoms with Gasteiger partial charge in [-0.25, -0.2) is 0 Å². The lowest BCUT2D eigenvalue weighted by atomic mass is 10.00. The van der Waals surface area contributed by atoms with Crippen LogP contribution in [0.4, 0.5) is 0 Å². The highest BCUT2D eigenvalue weighted by atomic mass is 32.2. The third-order valence-electron chi connectivity index (χ3n) is 12.2. The van der Waals surface area contributed by atoms with Gasteiger partial charge in [-0.3, -0.25) is 14.1 Å². The number of aliphatic hydroxyl groups excluding tert-OH is 3. The second-order valence-electron chi connectivity index (χ2n) is 18.5. The Bertz CT molecular complexity index is 1350. The van der Waals surface area contributed by atoms with Crippen LogP contribution in [0.5, 0.6) is 0 Å². The molecule has 4 N–H and O–H groups in total. The molecule has 1 aliphatic heterocycles. The Morgan fingerprint density at radius 2 is 0.924 bits per heavy atom. The van der Waals surface area contributed by atoms with Crippen molar-refractivity contribution in [3.8, 4) is 0 Å². The lowest BCUT2D eigenvalue weighted by Crippen LogP contribution is -2.60. The number of aliphatic hydroxyl groups is 3. The molecule has 12 nitrogen and oxygen atoms in total. The van der Waals surface area contributed by atoms with Gasteiger partial charge in [-0.2, -0.15) is 8.42 Å². The molecule has 0 amide bonds. The number of carbonyl (C=O) groups excluding carboxylic acids is 2. The third kappa shape index (κ3) is 36.9. The molecule has 0 aromatic carbocycles. The molecule has 0 aromatic rings. The number of unbranched alkanes of at least 4 members (excludes halogenated alkanes) is 27. The maximum absolute atomic E-state index is 12.8. The summed E-state index contributed by atoms with van der Waals surface area (Å²) in [5, 5.41) is 31.0. The Labute approximate surface area is 401 Å². The van der Waals surface area contributed by atoms with Crippen molar-refractivity contribution in [3.05, 3.63) is 36.5 Å². The molecule has 1 saturated heterocycles. The first-order chi connectivity index (χ1) is 32.0. The van der Waals surface area contributed by atoms with Gasteiger partial charge in [0.1, 0.15) is 36.8 Å². The Morgan fingerprint density at radius 3 is 1.42 bits per heavy atom. The maximum atomic E-state index is 12.8. The van der Waals surface area contributed by atoms with E-state index in [2.05, 4.69) is 50.3 Å². The fourth-order valence-corrected chi connectivity index (χ4v) is 8.76. The summed E-state index contributed by atoms with van der Waals surface area (Å²) in [4.78, 5) is 25.5. The predicted molar refractivity (Wildman–Crippen MR) is 266 cm³/mol. The summed E-state index contributed by atoms with van der Waals surface area (Å²) in [5.41, 5.74) is 0. The highest BCUT2D eigenvalue weighted by Gasteiger charge is 2.46. The zero-order chi connectivity index (χ0) is 48.4. The molecule has 386 valence electrons. The molecule has 2 unspecified atom stereocenters. The van der Waals surface area contributed by atoms with Gasteiger partial charge in [0, 0.05) is 12.8 Å². The summed E-state index contributed by atoms with van der Waals surface area (Å²) < 4.78 is 54.2. The lowest BCUT2D eigenvalue weighted by molar-refractivity contribution is -0.297. The first-order valence-corrected chi connectivity index (χ1v) is 28.2. The van der Waals surface area contributed by atoms with Gasteiger partial charge in [0.15, 0.2) is 12.4 Å². The highest BCUT2D eigenvalue weighted by molar-refractivity contribution is 7.85. The summed E-state index contributed by atoms with van der Waals surface area (Å²) in [6.45, 7) is 3.73. The van der Waals surface area contributed by atoms with Crippen LogP contribution in [0.3, 0.4) is 0 Å². The lowest BCUT2D eigenvalue weighted by Gasteiger charge is -2.40. The molecule has 13 heteroatoms. The van der Waals surface area contributed by atoms with Crippen molar-refractivity contribution in [2.75, 3.05) is 19.0 Å². The van der Waals surface area contributed by atoms with Gasteiger partial charge in [0.05, 0.1) is 6.61 Å². The number of hydrogen-bond acceptors (Lipinski definition) is 11. The van der Waals surface area contributed by atoms with Crippen LogP contribution in [0.1, 0.15) is 232 Å². The minimum absolute atomic E-state index is 0.144. The smallest absolute Gasteiger partial charge is 0.306 e. The maximum Gasteiger partial charge on any atom is 0.306 e. The van der Waals surface area contributed by atoms with Crippen LogP contribution in [0.25, 0.3) is 0 Å². The van der Waals surface area contributed by atoms with Crippen LogP contribution in [0, 0.1) is 0 Å². The predicted octanol–water partition coefficient (Wildman–Crippen LogP) is 12.1. The Kier molecular flexibility index (Phi) is 40.3. The van der Waals surface area contributed by atoms with Crippen LogP contribution in [0.2, 0.25) is 0 Å². The zero-order valence-electron chi connectivity index (χ0n) is 41.6. The van der Waals surface area contributed by atoms with E-state index in [-0.39, 0.29) is 19.4 Å². The Morgan fingerprint density at radius 1 is 0.515 bits per heavy atom. The summed E-state index contributed by atoms with van der Waals surface area (Å²) >= 11 is 0. The minimum Gasteiger partial charge on any atom is -0.462 e. The normalized spacial score (nSPS) is 19.6. The first kappa shape index (κ1) is 61.9. The van der Waals surface area contributed by atoms with Gasteiger partial charge in [0.25, 0.3) is 10.1 Å². The third-order valence-corrected chi connectivity index (χ3v) is 12.9. The molecule has 1 rings (SSSR count). The molecule has 0 bridgehead atoms. The Balaban J connectivity index is 2.35. The monoisotopic (exact) mass is 957 g/mol. The van der Waals surface area contributed by atoms with Crippen molar-refractivity contribution in [2.45, 2.75) is 269 Å². The van der Waals surface area contributed by atoms with Crippen molar-refractivity contribution in [1.29, 1.82) is 0 Å². The van der Waals surface area contributed by atoms with Crippen molar-refractivity contribution >= 4 is 22.1 Å². The summed E-state index contributed by atoms with van der Waals surface area (Å²) in [7, 11) is -4.61. The van der Waals surface area contributed by atoms with Crippen molar-refractivity contribution in [1.82, 2.24) is 0 Å². The molecule has 0 spiro atoms. The molecule has 1 fully saturated rings. The molecule has 0 aliphatic carbocycles. The van der Waals surface area contributed by atoms with Crippen molar-refractivity contribution in [2.24, 2.45) is 0 Å². The highest BCUT2D eigenvalue weighted by Crippen LogP contribution is 2.24. The topological polar surface area (TPSA) is 186 Å². The molecule has 0 saturated carbocycles. The van der Waals surface area contributed by atoms with E-state index in [0.717, 1.165) is 57.8 Å². The van der Waals surface area contributed by atoms with E-state index >= 15 is 0 Å². The van der Waals surface area contributed by atoms with E-state index in [0.29, 0.717) is 12.8 Å². The van der Waals surface area contributed by atoms with E-state index in [4.69, 9.17) is 18.9 Å².